The van der Waals surface area contributed by atoms with Crippen molar-refractivity contribution in [2.45, 2.75) is 65.6 Å². The van der Waals surface area contributed by atoms with Crippen LogP contribution in [0.3, 0.4) is 0 Å². The van der Waals surface area contributed by atoms with Gasteiger partial charge in [-0.05, 0) is 39.2 Å². The number of benzene rings is 1. The summed E-state index contributed by atoms with van der Waals surface area (Å²) in [6.07, 6.45) is 2.18. The van der Waals surface area contributed by atoms with Gasteiger partial charge in [0.15, 0.2) is 0 Å². The molecule has 1 unspecified atom stereocenters. The minimum Gasteiger partial charge on any atom is -0.379 e. The summed E-state index contributed by atoms with van der Waals surface area (Å²) in [5.41, 5.74) is 1.02. The van der Waals surface area contributed by atoms with Gasteiger partial charge in [-0.1, -0.05) is 37.3 Å². The maximum atomic E-state index is 12.5. The molecule has 1 atom stereocenters. The zero-order chi connectivity index (χ0) is 18.7. The molecule has 25 heavy (non-hydrogen) atoms. The topological polar surface area (TPSA) is 58.6 Å². The molecule has 0 saturated carbocycles. The van der Waals surface area contributed by atoms with Crippen LogP contribution in [0.2, 0.25) is 0 Å². The van der Waals surface area contributed by atoms with Crippen molar-refractivity contribution in [1.29, 1.82) is 0 Å². The Bertz CT molecular complexity index is 517. The second-order valence-corrected chi connectivity index (χ2v) is 6.50. The molecule has 1 rings (SSSR count). The number of rotatable bonds is 11. The number of nitrogens with one attached hydrogen (secondary N) is 1. The fourth-order valence-electron chi connectivity index (χ4n) is 2.47. The van der Waals surface area contributed by atoms with E-state index < -0.39 is 6.04 Å². The van der Waals surface area contributed by atoms with Crippen molar-refractivity contribution in [1.82, 2.24) is 10.2 Å². The van der Waals surface area contributed by atoms with Gasteiger partial charge < -0.3 is 15.0 Å². The Hall–Kier alpha value is -1.88. The predicted molar refractivity (Wildman–Crippen MR) is 100 cm³/mol. The Morgan fingerprint density at radius 2 is 1.84 bits per heavy atom. The molecule has 0 aliphatic carbocycles. The van der Waals surface area contributed by atoms with E-state index in [1.165, 1.54) is 0 Å². The minimum atomic E-state index is -0.495. The summed E-state index contributed by atoms with van der Waals surface area (Å²) in [6.45, 7) is 9.36. The highest BCUT2D eigenvalue weighted by Gasteiger charge is 2.25. The molecule has 0 bridgehead atoms. The first kappa shape index (κ1) is 21.2. The molecule has 1 N–H and O–H groups in total. The van der Waals surface area contributed by atoms with Gasteiger partial charge in [0.25, 0.3) is 0 Å². The second-order valence-electron chi connectivity index (χ2n) is 6.50. The highest BCUT2D eigenvalue weighted by molar-refractivity contribution is 5.87. The molecule has 0 heterocycles. The summed E-state index contributed by atoms with van der Waals surface area (Å²) < 4.78 is 5.46. The zero-order valence-corrected chi connectivity index (χ0v) is 16.0. The number of carbonyl (C=O) groups is 2. The maximum Gasteiger partial charge on any atom is 0.242 e. The molecule has 0 aliphatic heterocycles. The van der Waals surface area contributed by atoms with E-state index in [0.717, 1.165) is 18.4 Å². The molecule has 1 aromatic rings. The van der Waals surface area contributed by atoms with E-state index in [-0.39, 0.29) is 17.9 Å². The molecule has 0 spiro atoms. The van der Waals surface area contributed by atoms with Gasteiger partial charge in [0.1, 0.15) is 6.04 Å². The Labute approximate surface area is 151 Å². The van der Waals surface area contributed by atoms with Crippen molar-refractivity contribution in [2.75, 3.05) is 13.2 Å². The van der Waals surface area contributed by atoms with Crippen LogP contribution in [0.1, 0.15) is 52.5 Å². The van der Waals surface area contributed by atoms with E-state index in [1.54, 1.807) is 11.8 Å². The number of hydrogen-bond donors (Lipinski definition) is 1. The molecular weight excluding hydrogens is 316 g/mol. The first-order valence-corrected chi connectivity index (χ1v) is 9.18. The summed E-state index contributed by atoms with van der Waals surface area (Å²) >= 11 is 0. The molecule has 0 aliphatic rings. The average molecular weight is 348 g/mol. The normalized spacial score (nSPS) is 12.0. The van der Waals surface area contributed by atoms with E-state index in [2.05, 4.69) is 5.32 Å². The van der Waals surface area contributed by atoms with Crippen LogP contribution in [0.5, 0.6) is 0 Å². The predicted octanol–water partition coefficient (Wildman–Crippen LogP) is 3.14. The fourth-order valence-corrected chi connectivity index (χ4v) is 2.47. The third-order valence-corrected chi connectivity index (χ3v) is 3.90. The Morgan fingerprint density at radius 3 is 2.44 bits per heavy atom. The third-order valence-electron chi connectivity index (χ3n) is 3.90. The lowest BCUT2D eigenvalue weighted by atomic mass is 10.1. The summed E-state index contributed by atoms with van der Waals surface area (Å²) in [5, 5.41) is 2.91. The number of nitrogens with zero attached hydrogens (tertiary/aromatic N) is 1. The number of amides is 2. The molecule has 2 amide bonds. The largest absolute Gasteiger partial charge is 0.379 e. The summed E-state index contributed by atoms with van der Waals surface area (Å²) in [5.74, 6) is -0.109. The molecule has 0 fully saturated rings. The van der Waals surface area contributed by atoms with Crippen LogP contribution in [0.4, 0.5) is 0 Å². The lowest BCUT2D eigenvalue weighted by Crippen LogP contribution is -2.47. The van der Waals surface area contributed by atoms with Crippen LogP contribution in [-0.2, 0) is 20.9 Å². The van der Waals surface area contributed by atoms with E-state index in [4.69, 9.17) is 4.74 Å². The molecule has 5 heteroatoms. The molecule has 5 nitrogen and oxygen atoms in total. The van der Waals surface area contributed by atoms with Gasteiger partial charge in [-0.2, -0.15) is 0 Å². The van der Waals surface area contributed by atoms with E-state index in [1.807, 2.05) is 51.1 Å². The molecule has 0 radical (unpaired) electrons. The van der Waals surface area contributed by atoms with E-state index >= 15 is 0 Å². The highest BCUT2D eigenvalue weighted by Crippen LogP contribution is 2.11. The van der Waals surface area contributed by atoms with Crippen molar-refractivity contribution in [3.8, 4) is 0 Å². The molecular formula is C20H32N2O3. The Morgan fingerprint density at radius 1 is 1.16 bits per heavy atom. The number of hydrogen-bond acceptors (Lipinski definition) is 3. The van der Waals surface area contributed by atoms with Gasteiger partial charge in [-0.15, -0.1) is 0 Å². The van der Waals surface area contributed by atoms with E-state index in [0.29, 0.717) is 26.1 Å². The first-order chi connectivity index (χ1) is 12.0. The SMILES string of the molecule is CCCC(=O)N(Cc1ccccc1)C(C)C(=O)NCCCOC(C)C. The van der Waals surface area contributed by atoms with Crippen molar-refractivity contribution in [2.24, 2.45) is 0 Å². The van der Waals surface area contributed by atoms with Crippen LogP contribution in [0.25, 0.3) is 0 Å². The average Bonchev–Trinajstić information content (AvgIpc) is 2.59. The molecule has 0 aromatic heterocycles. The minimum absolute atomic E-state index is 0.0112. The molecule has 140 valence electrons. The monoisotopic (exact) mass is 348 g/mol. The van der Waals surface area contributed by atoms with Crippen LogP contribution in [0.15, 0.2) is 30.3 Å². The van der Waals surface area contributed by atoms with Crippen LogP contribution < -0.4 is 5.32 Å². The van der Waals surface area contributed by atoms with Crippen molar-refractivity contribution >= 4 is 11.8 Å². The van der Waals surface area contributed by atoms with Gasteiger partial charge in [-0.25, -0.2) is 0 Å². The lowest BCUT2D eigenvalue weighted by Gasteiger charge is -2.28. The Kier molecular flexibility index (Phi) is 9.85. The van der Waals surface area contributed by atoms with E-state index in [9.17, 15) is 9.59 Å². The van der Waals surface area contributed by atoms with Crippen LogP contribution >= 0.6 is 0 Å². The van der Waals surface area contributed by atoms with Crippen LogP contribution in [0, 0.1) is 0 Å². The van der Waals surface area contributed by atoms with Crippen molar-refractivity contribution in [3.05, 3.63) is 35.9 Å². The Balaban J connectivity index is 2.60. The smallest absolute Gasteiger partial charge is 0.242 e. The van der Waals surface area contributed by atoms with Crippen molar-refractivity contribution < 1.29 is 14.3 Å². The summed E-state index contributed by atoms with van der Waals surface area (Å²) in [4.78, 5) is 26.6. The van der Waals surface area contributed by atoms with Crippen molar-refractivity contribution in [3.63, 3.8) is 0 Å². The first-order valence-electron chi connectivity index (χ1n) is 9.18. The van der Waals surface area contributed by atoms with Gasteiger partial charge in [0.05, 0.1) is 6.10 Å². The fraction of sp³-hybridized carbons (Fsp3) is 0.600. The standard InChI is InChI=1S/C20H32N2O3/c1-5-10-19(23)22(15-18-11-7-6-8-12-18)17(4)20(24)21-13-9-14-25-16(2)3/h6-8,11-12,16-17H,5,9-10,13-15H2,1-4H3,(H,21,24). The van der Waals surface area contributed by atoms with Gasteiger partial charge in [0, 0.05) is 26.1 Å². The molecule has 1 aromatic carbocycles. The quantitative estimate of drug-likeness (QED) is 0.625. The zero-order valence-electron chi connectivity index (χ0n) is 16.0. The summed E-state index contributed by atoms with van der Waals surface area (Å²) in [7, 11) is 0. The van der Waals surface area contributed by atoms with Crippen LogP contribution in [-0.4, -0.2) is 42.0 Å². The van der Waals surface area contributed by atoms with Gasteiger partial charge in [0.2, 0.25) is 11.8 Å². The second kappa shape index (κ2) is 11.6. The molecule has 0 saturated heterocycles. The third kappa shape index (κ3) is 8.16. The number of carbonyl (C=O) groups excluding carboxylic acids is 2. The highest BCUT2D eigenvalue weighted by atomic mass is 16.5. The number of ether oxygens (including phenoxy) is 1. The van der Waals surface area contributed by atoms with Gasteiger partial charge >= 0.3 is 0 Å². The van der Waals surface area contributed by atoms with Gasteiger partial charge in [-0.3, -0.25) is 9.59 Å². The maximum absolute atomic E-state index is 12.5. The lowest BCUT2D eigenvalue weighted by molar-refractivity contribution is -0.140. The summed E-state index contributed by atoms with van der Waals surface area (Å²) in [6, 6.07) is 9.27.